The molecule has 2 aromatic carbocycles. The van der Waals surface area contributed by atoms with Gasteiger partial charge in [-0.15, -0.1) is 11.3 Å². The van der Waals surface area contributed by atoms with E-state index in [1.165, 1.54) is 0 Å². The van der Waals surface area contributed by atoms with Crippen molar-refractivity contribution < 1.29 is 9.53 Å². The number of carbonyl (C=O) groups excluding carboxylic acids is 1. The van der Waals surface area contributed by atoms with E-state index in [0.29, 0.717) is 6.54 Å². The average molecular weight is 367 g/mol. The molecular formula is C20H21N3O2S. The van der Waals surface area contributed by atoms with Crippen LogP contribution in [0.5, 0.6) is 5.75 Å². The quantitative estimate of drug-likeness (QED) is 0.705. The van der Waals surface area contributed by atoms with Crippen molar-refractivity contribution in [3.8, 4) is 17.0 Å². The number of hydrogen-bond donors (Lipinski definition) is 1. The van der Waals surface area contributed by atoms with E-state index in [1.807, 2.05) is 60.8 Å². The van der Waals surface area contributed by atoms with Crippen molar-refractivity contribution in [3.63, 3.8) is 0 Å². The highest BCUT2D eigenvalue weighted by Crippen LogP contribution is 2.23. The van der Waals surface area contributed by atoms with E-state index in [1.54, 1.807) is 30.4 Å². The Kier molecular flexibility index (Phi) is 5.53. The molecular weight excluding hydrogens is 346 g/mol. The highest BCUT2D eigenvalue weighted by atomic mass is 32.1. The van der Waals surface area contributed by atoms with Crippen LogP contribution in [0, 0.1) is 6.92 Å². The van der Waals surface area contributed by atoms with Crippen molar-refractivity contribution in [1.82, 2.24) is 9.88 Å². The Labute approximate surface area is 157 Å². The molecule has 0 bridgehead atoms. The molecule has 26 heavy (non-hydrogen) atoms. The van der Waals surface area contributed by atoms with Gasteiger partial charge in [-0.1, -0.05) is 24.3 Å². The van der Waals surface area contributed by atoms with Crippen LogP contribution in [0.3, 0.4) is 0 Å². The second-order valence-electron chi connectivity index (χ2n) is 5.96. The maximum absolute atomic E-state index is 12.4. The van der Waals surface area contributed by atoms with Crippen LogP contribution in [-0.2, 0) is 6.54 Å². The van der Waals surface area contributed by atoms with Gasteiger partial charge < -0.3 is 15.0 Å². The van der Waals surface area contributed by atoms with Gasteiger partial charge in [0.2, 0.25) is 0 Å². The van der Waals surface area contributed by atoms with Crippen LogP contribution in [0.15, 0.2) is 53.9 Å². The summed E-state index contributed by atoms with van der Waals surface area (Å²) < 4.78 is 5.15. The van der Waals surface area contributed by atoms with Crippen LogP contribution in [0.1, 0.15) is 10.6 Å². The van der Waals surface area contributed by atoms with Crippen molar-refractivity contribution in [3.05, 3.63) is 64.5 Å². The summed E-state index contributed by atoms with van der Waals surface area (Å²) in [6.07, 6.45) is 0. The predicted molar refractivity (Wildman–Crippen MR) is 106 cm³/mol. The largest absolute Gasteiger partial charge is 0.497 e. The number of methoxy groups -OCH3 is 1. The van der Waals surface area contributed by atoms with Crippen LogP contribution in [-0.4, -0.2) is 30.1 Å². The van der Waals surface area contributed by atoms with Crippen LogP contribution in [0.25, 0.3) is 11.3 Å². The highest BCUT2D eigenvalue weighted by Gasteiger charge is 2.10. The summed E-state index contributed by atoms with van der Waals surface area (Å²) in [7, 11) is 3.40. The van der Waals surface area contributed by atoms with Gasteiger partial charge in [0, 0.05) is 30.2 Å². The molecule has 5 nitrogen and oxygen atoms in total. The molecule has 3 rings (SSSR count). The highest BCUT2D eigenvalue weighted by molar-refractivity contribution is 7.09. The van der Waals surface area contributed by atoms with Gasteiger partial charge in [-0.05, 0) is 36.8 Å². The molecule has 0 atom stereocenters. The fourth-order valence-electron chi connectivity index (χ4n) is 2.52. The number of ether oxygens (including phenoxy) is 1. The van der Waals surface area contributed by atoms with Crippen molar-refractivity contribution in [1.29, 1.82) is 0 Å². The lowest BCUT2D eigenvalue weighted by Crippen LogP contribution is -2.30. The first kappa shape index (κ1) is 17.9. The number of carbonyl (C=O) groups is 1. The second kappa shape index (κ2) is 8.01. The molecule has 6 heteroatoms. The van der Waals surface area contributed by atoms with E-state index in [2.05, 4.69) is 10.3 Å². The van der Waals surface area contributed by atoms with Crippen LogP contribution < -0.4 is 10.1 Å². The van der Waals surface area contributed by atoms with Crippen LogP contribution >= 0.6 is 11.3 Å². The SMILES string of the molecule is COc1ccc(CN(C)C(=O)Nc2ccc(-c3csc(C)n3)cc2)cc1. The molecule has 0 unspecified atom stereocenters. The van der Waals surface area contributed by atoms with E-state index in [9.17, 15) is 4.79 Å². The molecule has 0 aliphatic rings. The molecule has 2 amide bonds. The first-order valence-corrected chi connectivity index (χ1v) is 9.11. The lowest BCUT2D eigenvalue weighted by Gasteiger charge is -2.18. The van der Waals surface area contributed by atoms with Gasteiger partial charge in [0.15, 0.2) is 0 Å². The summed E-state index contributed by atoms with van der Waals surface area (Å²) in [5.74, 6) is 0.802. The van der Waals surface area contributed by atoms with Gasteiger partial charge in [0.25, 0.3) is 0 Å². The number of nitrogens with zero attached hydrogens (tertiary/aromatic N) is 2. The standard InChI is InChI=1S/C20H21N3O2S/c1-14-21-19(13-26-14)16-6-8-17(9-7-16)22-20(24)23(2)12-15-4-10-18(25-3)11-5-15/h4-11,13H,12H2,1-3H3,(H,22,24). The third kappa shape index (κ3) is 4.40. The number of anilines is 1. The zero-order chi connectivity index (χ0) is 18.5. The van der Waals surface area contributed by atoms with Crippen molar-refractivity contribution in [2.24, 2.45) is 0 Å². The Hall–Kier alpha value is -2.86. The maximum Gasteiger partial charge on any atom is 0.321 e. The van der Waals surface area contributed by atoms with Gasteiger partial charge >= 0.3 is 6.03 Å². The summed E-state index contributed by atoms with van der Waals surface area (Å²) in [5.41, 5.74) is 3.80. The summed E-state index contributed by atoms with van der Waals surface area (Å²) in [4.78, 5) is 18.5. The first-order valence-electron chi connectivity index (χ1n) is 8.23. The van der Waals surface area contributed by atoms with E-state index < -0.39 is 0 Å². The van der Waals surface area contributed by atoms with Gasteiger partial charge in [-0.25, -0.2) is 9.78 Å². The summed E-state index contributed by atoms with van der Waals surface area (Å²) in [5, 5.41) is 5.99. The topological polar surface area (TPSA) is 54.5 Å². The molecule has 0 spiro atoms. The number of rotatable bonds is 5. The number of aromatic nitrogens is 1. The molecule has 0 fully saturated rings. The lowest BCUT2D eigenvalue weighted by atomic mass is 10.1. The van der Waals surface area contributed by atoms with Gasteiger partial charge in [-0.2, -0.15) is 0 Å². The van der Waals surface area contributed by atoms with Gasteiger partial charge in [0.1, 0.15) is 5.75 Å². The van der Waals surface area contributed by atoms with E-state index >= 15 is 0 Å². The molecule has 0 aliphatic heterocycles. The zero-order valence-corrected chi connectivity index (χ0v) is 15.8. The molecule has 3 aromatic rings. The third-order valence-corrected chi connectivity index (χ3v) is 4.75. The lowest BCUT2D eigenvalue weighted by molar-refractivity contribution is 0.220. The summed E-state index contributed by atoms with van der Waals surface area (Å²) in [6, 6.07) is 15.2. The smallest absolute Gasteiger partial charge is 0.321 e. The number of urea groups is 1. The summed E-state index contributed by atoms with van der Waals surface area (Å²) >= 11 is 1.63. The minimum Gasteiger partial charge on any atom is -0.497 e. The van der Waals surface area contributed by atoms with Crippen LogP contribution in [0.4, 0.5) is 10.5 Å². The average Bonchev–Trinajstić information content (AvgIpc) is 3.09. The zero-order valence-electron chi connectivity index (χ0n) is 15.0. The molecule has 134 valence electrons. The Bertz CT molecular complexity index is 873. The van der Waals surface area contributed by atoms with E-state index in [0.717, 1.165) is 33.3 Å². The third-order valence-electron chi connectivity index (χ3n) is 3.98. The minimum absolute atomic E-state index is 0.155. The molecule has 1 aromatic heterocycles. The van der Waals surface area contributed by atoms with E-state index in [-0.39, 0.29) is 6.03 Å². The number of nitrogens with one attached hydrogen (secondary N) is 1. The normalized spacial score (nSPS) is 10.4. The van der Waals surface area contributed by atoms with Gasteiger partial charge in [-0.3, -0.25) is 0 Å². The van der Waals surface area contributed by atoms with Crippen molar-refractivity contribution >= 4 is 23.1 Å². The van der Waals surface area contributed by atoms with Crippen LogP contribution in [0.2, 0.25) is 0 Å². The molecule has 0 aliphatic carbocycles. The monoisotopic (exact) mass is 367 g/mol. The predicted octanol–water partition coefficient (Wildman–Crippen LogP) is 4.79. The number of benzene rings is 2. The molecule has 0 saturated heterocycles. The first-order chi connectivity index (χ1) is 12.5. The Morgan fingerprint density at radius 3 is 2.42 bits per heavy atom. The maximum atomic E-state index is 12.4. The number of aryl methyl sites for hydroxylation is 1. The molecule has 0 radical (unpaired) electrons. The molecule has 1 N–H and O–H groups in total. The Morgan fingerprint density at radius 1 is 1.15 bits per heavy atom. The minimum atomic E-state index is -0.155. The molecule has 1 heterocycles. The van der Waals surface area contributed by atoms with E-state index in [4.69, 9.17) is 4.74 Å². The number of hydrogen-bond acceptors (Lipinski definition) is 4. The second-order valence-corrected chi connectivity index (χ2v) is 7.03. The number of thiazole rings is 1. The summed E-state index contributed by atoms with van der Waals surface area (Å²) in [6.45, 7) is 2.51. The Balaban J connectivity index is 1.59. The fraction of sp³-hybridized carbons (Fsp3) is 0.200. The van der Waals surface area contributed by atoms with Gasteiger partial charge in [0.05, 0.1) is 17.8 Å². The number of amides is 2. The fourth-order valence-corrected chi connectivity index (χ4v) is 3.14. The Morgan fingerprint density at radius 2 is 1.85 bits per heavy atom. The molecule has 0 saturated carbocycles. The van der Waals surface area contributed by atoms with Crippen molar-refractivity contribution in [2.45, 2.75) is 13.5 Å². The van der Waals surface area contributed by atoms with Crippen molar-refractivity contribution in [2.75, 3.05) is 19.5 Å².